The van der Waals surface area contributed by atoms with Crippen LogP contribution in [0.2, 0.25) is 5.02 Å². The molecule has 7 heteroatoms. The van der Waals surface area contributed by atoms with Gasteiger partial charge in [-0.1, -0.05) is 22.9 Å². The summed E-state index contributed by atoms with van der Waals surface area (Å²) in [5, 5.41) is 20.7. The van der Waals surface area contributed by atoms with Crippen molar-refractivity contribution in [2.24, 2.45) is 0 Å². The zero-order valence-corrected chi connectivity index (χ0v) is 10.9. The first kappa shape index (κ1) is 11.3. The van der Waals surface area contributed by atoms with Crippen LogP contribution in [0.1, 0.15) is 5.56 Å². The molecule has 0 spiro atoms. The van der Waals surface area contributed by atoms with Gasteiger partial charge in [0.1, 0.15) is 6.07 Å². The van der Waals surface area contributed by atoms with E-state index in [1.807, 2.05) is 0 Å². The lowest BCUT2D eigenvalue weighted by atomic mass is 10.2. The number of halogens is 2. The molecular weight excluding hydrogens is 312 g/mol. The van der Waals surface area contributed by atoms with Crippen molar-refractivity contribution in [3.05, 3.63) is 32.7 Å². The normalized spacial score (nSPS) is 9.81. The summed E-state index contributed by atoms with van der Waals surface area (Å²) in [6.45, 7) is 0. The van der Waals surface area contributed by atoms with Crippen LogP contribution in [-0.4, -0.2) is 10.2 Å². The van der Waals surface area contributed by atoms with Crippen molar-refractivity contribution in [3.8, 4) is 6.07 Å². The number of rotatable bonds is 2. The van der Waals surface area contributed by atoms with E-state index >= 15 is 0 Å². The minimum Gasteiger partial charge on any atom is -0.329 e. The number of anilines is 2. The number of benzene rings is 1. The van der Waals surface area contributed by atoms with Crippen molar-refractivity contribution >= 4 is 49.7 Å². The van der Waals surface area contributed by atoms with Crippen molar-refractivity contribution in [2.75, 3.05) is 5.32 Å². The molecule has 2 aromatic rings. The number of hydrogen-bond acceptors (Lipinski definition) is 5. The molecule has 1 heterocycles. The van der Waals surface area contributed by atoms with Gasteiger partial charge < -0.3 is 5.32 Å². The number of nitrogens with one attached hydrogen (secondary N) is 1. The second kappa shape index (κ2) is 4.78. The van der Waals surface area contributed by atoms with E-state index in [2.05, 4.69) is 37.5 Å². The molecule has 0 atom stereocenters. The van der Waals surface area contributed by atoms with Gasteiger partial charge in [0.05, 0.1) is 11.3 Å². The molecule has 4 nitrogen and oxygen atoms in total. The van der Waals surface area contributed by atoms with Gasteiger partial charge in [-0.3, -0.25) is 0 Å². The lowest BCUT2D eigenvalue weighted by molar-refractivity contribution is 1.07. The maximum absolute atomic E-state index is 8.92. The molecule has 1 aromatic carbocycles. The van der Waals surface area contributed by atoms with Crippen LogP contribution in [0.5, 0.6) is 0 Å². The molecule has 1 aromatic heterocycles. The predicted octanol–water partition coefficient (Wildman–Crippen LogP) is 3.57. The quantitative estimate of drug-likeness (QED) is 0.920. The Morgan fingerprint density at radius 1 is 1.44 bits per heavy atom. The van der Waals surface area contributed by atoms with Crippen LogP contribution in [0.3, 0.4) is 0 Å². The van der Waals surface area contributed by atoms with Crippen LogP contribution in [0.25, 0.3) is 0 Å². The number of aromatic nitrogens is 2. The highest BCUT2D eigenvalue weighted by atomic mass is 79.9. The molecule has 16 heavy (non-hydrogen) atoms. The molecule has 80 valence electrons. The van der Waals surface area contributed by atoms with Gasteiger partial charge in [0.25, 0.3) is 0 Å². The highest BCUT2D eigenvalue weighted by Gasteiger charge is 2.06. The zero-order chi connectivity index (χ0) is 11.5. The smallest absolute Gasteiger partial charge is 0.210 e. The Bertz CT molecular complexity index is 563. The van der Waals surface area contributed by atoms with E-state index in [-0.39, 0.29) is 0 Å². The maximum atomic E-state index is 8.92. The number of hydrogen-bond donors (Lipinski definition) is 1. The van der Waals surface area contributed by atoms with E-state index in [1.54, 1.807) is 18.2 Å². The first-order valence-electron chi connectivity index (χ1n) is 4.15. The van der Waals surface area contributed by atoms with E-state index in [4.69, 9.17) is 16.9 Å². The predicted molar refractivity (Wildman–Crippen MR) is 67.1 cm³/mol. The second-order valence-electron chi connectivity index (χ2n) is 2.79. The summed E-state index contributed by atoms with van der Waals surface area (Å²) in [6.07, 6.45) is 0. The highest BCUT2D eigenvalue weighted by Crippen LogP contribution is 2.27. The average Bonchev–Trinajstić information content (AvgIpc) is 2.64. The summed E-state index contributed by atoms with van der Waals surface area (Å²) in [4.78, 5) is 0. The molecule has 2 rings (SSSR count). The molecular formula is C9H4BrClN4S. The average molecular weight is 316 g/mol. The molecule has 0 aliphatic carbocycles. The van der Waals surface area contributed by atoms with E-state index < -0.39 is 0 Å². The number of nitrogens with zero attached hydrogens (tertiary/aromatic N) is 3. The van der Waals surface area contributed by atoms with Gasteiger partial charge in [-0.05, 0) is 34.1 Å². The van der Waals surface area contributed by atoms with E-state index in [1.165, 1.54) is 11.3 Å². The van der Waals surface area contributed by atoms with Gasteiger partial charge in [-0.25, -0.2) is 0 Å². The third kappa shape index (κ3) is 2.50. The number of nitriles is 1. The first-order valence-corrected chi connectivity index (χ1v) is 6.13. The summed E-state index contributed by atoms with van der Waals surface area (Å²) in [7, 11) is 0. The van der Waals surface area contributed by atoms with E-state index in [0.717, 1.165) is 0 Å². The van der Waals surface area contributed by atoms with Crippen molar-refractivity contribution < 1.29 is 0 Å². The van der Waals surface area contributed by atoms with Gasteiger partial charge in [0.15, 0.2) is 3.92 Å². The molecule has 0 saturated heterocycles. The second-order valence-corrected chi connectivity index (χ2v) is 5.48. The Labute approximate surface area is 109 Å². The van der Waals surface area contributed by atoms with Crippen LogP contribution >= 0.6 is 38.9 Å². The molecule has 0 unspecified atom stereocenters. The van der Waals surface area contributed by atoms with Crippen LogP contribution < -0.4 is 5.32 Å². The first-order chi connectivity index (χ1) is 7.69. The molecule has 0 aliphatic heterocycles. The van der Waals surface area contributed by atoms with Gasteiger partial charge >= 0.3 is 0 Å². The molecule has 0 aliphatic rings. The highest BCUT2D eigenvalue weighted by molar-refractivity contribution is 9.11. The Balaban J connectivity index is 2.34. The third-order valence-electron chi connectivity index (χ3n) is 1.74. The minimum absolute atomic E-state index is 0.510. The minimum atomic E-state index is 0.510. The van der Waals surface area contributed by atoms with Crippen LogP contribution in [0.15, 0.2) is 22.1 Å². The summed E-state index contributed by atoms with van der Waals surface area (Å²) in [5.74, 6) is 0. The fourth-order valence-corrected chi connectivity index (χ4v) is 2.28. The summed E-state index contributed by atoms with van der Waals surface area (Å²) in [6, 6.07) is 7.07. The maximum Gasteiger partial charge on any atom is 0.210 e. The summed E-state index contributed by atoms with van der Waals surface area (Å²) in [5.41, 5.74) is 1.13. The molecule has 0 saturated carbocycles. The van der Waals surface area contributed by atoms with Gasteiger partial charge in [-0.2, -0.15) is 5.26 Å². The lowest BCUT2D eigenvalue weighted by Gasteiger charge is -2.04. The molecule has 0 amide bonds. The zero-order valence-electron chi connectivity index (χ0n) is 7.74. The molecule has 1 N–H and O–H groups in total. The fourth-order valence-electron chi connectivity index (χ4n) is 1.09. The van der Waals surface area contributed by atoms with Crippen molar-refractivity contribution in [1.82, 2.24) is 10.2 Å². The molecule has 0 fully saturated rings. The van der Waals surface area contributed by atoms with Crippen LogP contribution in [0.4, 0.5) is 10.8 Å². The van der Waals surface area contributed by atoms with Crippen molar-refractivity contribution in [2.45, 2.75) is 0 Å². The monoisotopic (exact) mass is 314 g/mol. The molecule has 0 radical (unpaired) electrons. The van der Waals surface area contributed by atoms with Gasteiger partial charge in [0.2, 0.25) is 5.13 Å². The molecule has 0 bridgehead atoms. The third-order valence-corrected chi connectivity index (χ3v) is 3.25. The van der Waals surface area contributed by atoms with E-state index in [9.17, 15) is 0 Å². The lowest BCUT2D eigenvalue weighted by Crippen LogP contribution is -1.93. The standard InChI is InChI=1S/C9H4BrClN4S/c10-8-14-15-9(16-8)13-7-3-6(11)2-1-5(7)4-12/h1-3H,(H,13,15). The Morgan fingerprint density at radius 2 is 2.25 bits per heavy atom. The van der Waals surface area contributed by atoms with Gasteiger partial charge in [-0.15, -0.1) is 10.2 Å². The van der Waals surface area contributed by atoms with Crippen molar-refractivity contribution in [3.63, 3.8) is 0 Å². The van der Waals surface area contributed by atoms with E-state index in [0.29, 0.717) is 25.3 Å². The Kier molecular flexibility index (Phi) is 3.39. The summed E-state index contributed by atoms with van der Waals surface area (Å²) < 4.78 is 0.676. The SMILES string of the molecule is N#Cc1ccc(Cl)cc1Nc1nnc(Br)s1. The van der Waals surface area contributed by atoms with Gasteiger partial charge in [0, 0.05) is 5.02 Å². The largest absolute Gasteiger partial charge is 0.329 e. The van der Waals surface area contributed by atoms with Crippen LogP contribution in [0, 0.1) is 11.3 Å². The Morgan fingerprint density at radius 3 is 2.88 bits per heavy atom. The fraction of sp³-hybridized carbons (Fsp3) is 0. The summed E-state index contributed by atoms with van der Waals surface area (Å²) >= 11 is 10.4. The Hall–Kier alpha value is -1.16. The van der Waals surface area contributed by atoms with Crippen molar-refractivity contribution in [1.29, 1.82) is 5.26 Å². The topological polar surface area (TPSA) is 61.6 Å². The van der Waals surface area contributed by atoms with Crippen LogP contribution in [-0.2, 0) is 0 Å².